The summed E-state index contributed by atoms with van der Waals surface area (Å²) in [4.78, 5) is 37.2. The topological polar surface area (TPSA) is 72.9 Å². The van der Waals surface area contributed by atoms with Gasteiger partial charge in [-0.25, -0.2) is 18.4 Å². The van der Waals surface area contributed by atoms with Crippen molar-refractivity contribution < 1.29 is 32.6 Å². The summed E-state index contributed by atoms with van der Waals surface area (Å²) in [6, 6.07) is 5.71. The van der Waals surface area contributed by atoms with Crippen molar-refractivity contribution in [3.8, 4) is 0 Å². The van der Waals surface area contributed by atoms with Crippen molar-refractivity contribution >= 4 is 62.9 Å². The maximum atomic E-state index is 14.2. The lowest BCUT2D eigenvalue weighted by molar-refractivity contribution is -0.138. The molecule has 0 spiro atoms. The van der Waals surface area contributed by atoms with E-state index in [0.29, 0.717) is 6.42 Å². The Kier molecular flexibility index (Phi) is 13.5. The van der Waals surface area contributed by atoms with Crippen molar-refractivity contribution in [1.29, 1.82) is 0 Å². The van der Waals surface area contributed by atoms with Crippen molar-refractivity contribution in [1.82, 2.24) is 4.90 Å². The third kappa shape index (κ3) is 8.79. The SMILES string of the molecule is CCOC(=O)C(=CN(C)C)C(=O)c1cc(I)c(CC)cc1F.CCc1cc(F)c(C(=O)OC)cc1I. The van der Waals surface area contributed by atoms with E-state index in [2.05, 4.69) is 49.9 Å². The summed E-state index contributed by atoms with van der Waals surface area (Å²) in [5.41, 5.74) is 1.40. The van der Waals surface area contributed by atoms with Crippen molar-refractivity contribution in [3.05, 3.63) is 77.1 Å². The Hall–Kier alpha value is -2.09. The fraction of sp³-hybridized carbons (Fsp3) is 0.346. The number of hydrogen-bond donors (Lipinski definition) is 0. The molecule has 2 aromatic carbocycles. The van der Waals surface area contributed by atoms with Crippen LogP contribution in [0.1, 0.15) is 52.6 Å². The lowest BCUT2D eigenvalue weighted by Crippen LogP contribution is -2.20. The number of carbonyl (C=O) groups excluding carboxylic acids is 3. The molecule has 196 valence electrons. The molecule has 0 bridgehead atoms. The molecule has 0 aliphatic rings. The molecule has 0 atom stereocenters. The Bertz CT molecular complexity index is 1150. The minimum Gasteiger partial charge on any atom is -0.465 e. The summed E-state index contributed by atoms with van der Waals surface area (Å²) < 4.78 is 38.6. The van der Waals surface area contributed by atoms with Crippen LogP contribution in [0.15, 0.2) is 36.0 Å². The normalized spacial score (nSPS) is 10.8. The lowest BCUT2D eigenvalue weighted by Gasteiger charge is -2.12. The maximum absolute atomic E-state index is 14.2. The molecule has 6 nitrogen and oxygen atoms in total. The minimum absolute atomic E-state index is 0.00546. The molecule has 0 unspecified atom stereocenters. The van der Waals surface area contributed by atoms with Crippen molar-refractivity contribution in [2.24, 2.45) is 0 Å². The molecule has 0 N–H and O–H groups in total. The highest BCUT2D eigenvalue weighted by Gasteiger charge is 2.25. The van der Waals surface area contributed by atoms with Gasteiger partial charge in [0.15, 0.2) is 0 Å². The van der Waals surface area contributed by atoms with E-state index in [-0.39, 0.29) is 23.3 Å². The van der Waals surface area contributed by atoms with E-state index in [4.69, 9.17) is 4.74 Å². The van der Waals surface area contributed by atoms with Crippen molar-refractivity contribution in [2.75, 3.05) is 27.8 Å². The van der Waals surface area contributed by atoms with E-state index in [1.807, 2.05) is 13.8 Å². The third-order valence-corrected chi connectivity index (χ3v) is 6.82. The Morgan fingerprint density at radius 1 is 0.889 bits per heavy atom. The molecule has 0 fully saturated rings. The number of benzene rings is 2. The monoisotopic (exact) mass is 727 g/mol. The van der Waals surface area contributed by atoms with Gasteiger partial charge in [0.1, 0.15) is 17.2 Å². The van der Waals surface area contributed by atoms with Crippen LogP contribution in [-0.2, 0) is 27.1 Å². The van der Waals surface area contributed by atoms with E-state index in [0.717, 1.165) is 24.7 Å². The molecular formula is C26H29F2I2NO5. The molecule has 2 aromatic rings. The second kappa shape index (κ2) is 15.2. The fourth-order valence-corrected chi connectivity index (χ4v) is 4.67. The van der Waals surface area contributed by atoms with Crippen LogP contribution in [0.5, 0.6) is 0 Å². The van der Waals surface area contributed by atoms with Gasteiger partial charge in [-0.3, -0.25) is 4.79 Å². The van der Waals surface area contributed by atoms with Crippen molar-refractivity contribution in [3.63, 3.8) is 0 Å². The summed E-state index contributed by atoms with van der Waals surface area (Å²) in [7, 11) is 4.59. The van der Waals surface area contributed by atoms with E-state index < -0.39 is 29.4 Å². The fourth-order valence-electron chi connectivity index (χ4n) is 2.97. The standard InChI is InChI=1S/C16H19FINO3.C10H10FIO2/c1-5-10-7-13(17)11(8-14(10)18)15(20)12(9-19(3)4)16(21)22-6-2;1-3-6-4-8(11)7(5-9(6)12)10(13)14-2/h7-9H,5-6H2,1-4H3;4-5H,3H2,1-2H3. The summed E-state index contributed by atoms with van der Waals surface area (Å²) >= 11 is 4.13. The number of ether oxygens (including phenoxy) is 2. The van der Waals surface area contributed by atoms with Gasteiger partial charge in [0.25, 0.3) is 0 Å². The van der Waals surface area contributed by atoms with Gasteiger partial charge >= 0.3 is 11.9 Å². The number of halogens is 4. The summed E-state index contributed by atoms with van der Waals surface area (Å²) in [6.45, 7) is 5.64. The zero-order valence-electron chi connectivity index (χ0n) is 21.0. The van der Waals surface area contributed by atoms with Crippen LogP contribution in [0.4, 0.5) is 8.78 Å². The van der Waals surface area contributed by atoms with Gasteiger partial charge in [-0.15, -0.1) is 0 Å². The predicted molar refractivity (Wildman–Crippen MR) is 151 cm³/mol. The first-order valence-corrected chi connectivity index (χ1v) is 13.2. The molecular weight excluding hydrogens is 698 g/mol. The second-order valence-corrected chi connectivity index (χ2v) is 9.93. The summed E-state index contributed by atoms with van der Waals surface area (Å²) in [5, 5.41) is 0. The second-order valence-electron chi connectivity index (χ2n) is 7.60. The van der Waals surface area contributed by atoms with Gasteiger partial charge < -0.3 is 14.4 Å². The average Bonchev–Trinajstić information content (AvgIpc) is 2.84. The van der Waals surface area contributed by atoms with Crippen LogP contribution in [0.25, 0.3) is 0 Å². The van der Waals surface area contributed by atoms with E-state index in [9.17, 15) is 23.2 Å². The van der Waals surface area contributed by atoms with Crippen LogP contribution < -0.4 is 0 Å². The Morgan fingerprint density at radius 3 is 1.78 bits per heavy atom. The van der Waals surface area contributed by atoms with Gasteiger partial charge in [0.05, 0.1) is 24.8 Å². The average molecular weight is 727 g/mol. The number of methoxy groups -OCH3 is 1. The van der Waals surface area contributed by atoms with Gasteiger partial charge in [0.2, 0.25) is 5.78 Å². The van der Waals surface area contributed by atoms with Crippen molar-refractivity contribution in [2.45, 2.75) is 33.6 Å². The molecule has 0 heterocycles. The molecule has 10 heteroatoms. The summed E-state index contributed by atoms with van der Waals surface area (Å²) in [5.74, 6) is -3.21. The van der Waals surface area contributed by atoms with Crippen LogP contribution in [0.3, 0.4) is 0 Å². The number of aryl methyl sites for hydroxylation is 2. The van der Waals surface area contributed by atoms with E-state index in [1.54, 1.807) is 25.9 Å². The Morgan fingerprint density at radius 2 is 1.36 bits per heavy atom. The zero-order chi connectivity index (χ0) is 27.6. The number of hydrogen-bond acceptors (Lipinski definition) is 6. The zero-order valence-corrected chi connectivity index (χ0v) is 25.3. The number of esters is 2. The molecule has 0 saturated carbocycles. The molecule has 0 aliphatic carbocycles. The van der Waals surface area contributed by atoms with Gasteiger partial charge in [-0.05, 0) is 100 Å². The number of carbonyl (C=O) groups is 3. The molecule has 0 saturated heterocycles. The smallest absolute Gasteiger partial charge is 0.343 e. The van der Waals surface area contributed by atoms with Gasteiger partial charge in [-0.1, -0.05) is 13.8 Å². The molecule has 36 heavy (non-hydrogen) atoms. The maximum Gasteiger partial charge on any atom is 0.343 e. The molecule has 0 amide bonds. The highest BCUT2D eigenvalue weighted by atomic mass is 127. The predicted octanol–water partition coefficient (Wildman–Crippen LogP) is 5.96. The molecule has 0 aliphatic heterocycles. The number of rotatable bonds is 8. The van der Waals surface area contributed by atoms with E-state index >= 15 is 0 Å². The van der Waals surface area contributed by atoms with Crippen LogP contribution in [-0.4, -0.2) is 50.4 Å². The van der Waals surface area contributed by atoms with Crippen LogP contribution in [0, 0.1) is 18.8 Å². The van der Waals surface area contributed by atoms with Gasteiger partial charge in [0, 0.05) is 27.4 Å². The van der Waals surface area contributed by atoms with Crippen LogP contribution in [0.2, 0.25) is 0 Å². The highest BCUT2D eigenvalue weighted by Crippen LogP contribution is 2.22. The summed E-state index contributed by atoms with van der Waals surface area (Å²) in [6.07, 6.45) is 2.76. The molecule has 0 aromatic heterocycles. The van der Waals surface area contributed by atoms with Gasteiger partial charge in [-0.2, -0.15) is 0 Å². The quantitative estimate of drug-likeness (QED) is 0.0835. The highest BCUT2D eigenvalue weighted by molar-refractivity contribution is 14.1. The first-order chi connectivity index (χ1) is 16.9. The Balaban J connectivity index is 0.000000397. The number of ketones is 1. The van der Waals surface area contributed by atoms with E-state index in [1.165, 1.54) is 37.6 Å². The molecule has 2 rings (SSSR count). The minimum atomic E-state index is -0.754. The number of Topliss-reactive ketones (excluding diaryl/α,β-unsaturated/α-hetero) is 1. The third-order valence-electron chi connectivity index (χ3n) is 4.81. The first-order valence-electron chi connectivity index (χ1n) is 11.1. The first kappa shape index (κ1) is 31.9. The molecule has 0 radical (unpaired) electrons. The van der Waals surface area contributed by atoms with Crippen LogP contribution >= 0.6 is 45.2 Å². The largest absolute Gasteiger partial charge is 0.465 e. The number of nitrogens with zero attached hydrogens (tertiary/aromatic N) is 1. The lowest BCUT2D eigenvalue weighted by atomic mass is 10.0. The Labute approximate surface area is 237 Å².